The predicted octanol–water partition coefficient (Wildman–Crippen LogP) is 2.94. The van der Waals surface area contributed by atoms with Crippen LogP contribution in [0.3, 0.4) is 0 Å². The van der Waals surface area contributed by atoms with Gasteiger partial charge >= 0.3 is 0 Å². The Labute approximate surface area is 191 Å². The number of amides is 1. The third-order valence-corrected chi connectivity index (χ3v) is 7.15. The van der Waals surface area contributed by atoms with Crippen molar-refractivity contribution in [3.8, 4) is 0 Å². The van der Waals surface area contributed by atoms with Crippen LogP contribution in [0.1, 0.15) is 36.9 Å². The smallest absolute Gasteiger partial charge is 0.227 e. The van der Waals surface area contributed by atoms with Gasteiger partial charge in [-0.15, -0.1) is 0 Å². The first-order valence-electron chi connectivity index (χ1n) is 12.0. The van der Waals surface area contributed by atoms with E-state index < -0.39 is 0 Å². The largest absolute Gasteiger partial charge is 0.368 e. The number of hydrogen-bond donors (Lipinski definition) is 0. The van der Waals surface area contributed by atoms with E-state index >= 15 is 0 Å². The number of carbonyl (C=O) groups is 1. The minimum atomic E-state index is 0.223. The van der Waals surface area contributed by atoms with Crippen molar-refractivity contribution in [3.05, 3.63) is 41.6 Å². The number of aromatic nitrogens is 2. The van der Waals surface area contributed by atoms with Gasteiger partial charge in [0, 0.05) is 70.4 Å². The van der Waals surface area contributed by atoms with Crippen LogP contribution in [0.5, 0.6) is 0 Å². The molecule has 32 heavy (non-hydrogen) atoms. The molecule has 0 N–H and O–H groups in total. The highest BCUT2D eigenvalue weighted by Gasteiger charge is 2.32. The van der Waals surface area contributed by atoms with Gasteiger partial charge in [-0.05, 0) is 25.0 Å². The van der Waals surface area contributed by atoms with Crippen LogP contribution in [0.4, 0.5) is 17.5 Å². The summed E-state index contributed by atoms with van der Waals surface area (Å²) in [6.45, 7) is 5.16. The summed E-state index contributed by atoms with van der Waals surface area (Å²) < 4.78 is 0. The van der Waals surface area contributed by atoms with Gasteiger partial charge in [0.15, 0.2) is 0 Å². The van der Waals surface area contributed by atoms with Crippen LogP contribution in [0.25, 0.3) is 0 Å². The zero-order chi connectivity index (χ0) is 22.1. The van der Waals surface area contributed by atoms with Gasteiger partial charge in [-0.25, -0.2) is 4.98 Å². The van der Waals surface area contributed by atoms with Crippen molar-refractivity contribution in [1.29, 1.82) is 0 Å². The van der Waals surface area contributed by atoms with E-state index in [4.69, 9.17) is 9.97 Å². The number of para-hydroxylation sites is 1. The van der Waals surface area contributed by atoms with Crippen molar-refractivity contribution in [3.63, 3.8) is 0 Å². The Hall–Kier alpha value is -2.83. The number of anilines is 3. The topological polar surface area (TPSA) is 55.8 Å². The lowest BCUT2D eigenvalue weighted by molar-refractivity contribution is -0.136. The van der Waals surface area contributed by atoms with E-state index in [0.717, 1.165) is 75.0 Å². The fraction of sp³-hybridized carbons (Fsp3) is 0.560. The Morgan fingerprint density at radius 3 is 2.31 bits per heavy atom. The van der Waals surface area contributed by atoms with Crippen molar-refractivity contribution in [2.24, 2.45) is 5.92 Å². The standard InChI is InChI=1S/C25H34N6O/c1-28(2)23-21-18-31(24(32)19-8-6-7-9-19)13-12-22(21)26-25(27-23)30-16-14-29(15-17-30)20-10-4-3-5-11-20/h3-5,10-11,19H,6-9,12-18H2,1-2H3. The van der Waals surface area contributed by atoms with Gasteiger partial charge in [0.2, 0.25) is 11.9 Å². The zero-order valence-corrected chi connectivity index (χ0v) is 19.3. The average molecular weight is 435 g/mol. The molecule has 7 heteroatoms. The number of piperazine rings is 1. The minimum absolute atomic E-state index is 0.223. The summed E-state index contributed by atoms with van der Waals surface area (Å²) >= 11 is 0. The van der Waals surface area contributed by atoms with Crippen molar-refractivity contribution in [1.82, 2.24) is 14.9 Å². The first kappa shape index (κ1) is 21.0. The van der Waals surface area contributed by atoms with Crippen LogP contribution in [0.15, 0.2) is 30.3 Å². The Kier molecular flexibility index (Phi) is 5.89. The molecule has 3 aliphatic rings. The van der Waals surface area contributed by atoms with Gasteiger partial charge in [0.25, 0.3) is 0 Å². The lowest BCUT2D eigenvalue weighted by Gasteiger charge is -2.37. The summed E-state index contributed by atoms with van der Waals surface area (Å²) in [5.74, 6) is 2.34. The van der Waals surface area contributed by atoms with Gasteiger partial charge in [-0.2, -0.15) is 4.98 Å². The maximum atomic E-state index is 13.0. The van der Waals surface area contributed by atoms with E-state index in [9.17, 15) is 4.79 Å². The van der Waals surface area contributed by atoms with E-state index in [0.29, 0.717) is 12.5 Å². The van der Waals surface area contributed by atoms with Crippen LogP contribution in [0.2, 0.25) is 0 Å². The number of carbonyl (C=O) groups excluding carboxylic acids is 1. The third-order valence-electron chi connectivity index (χ3n) is 7.15. The molecule has 1 aromatic heterocycles. The molecule has 2 aromatic rings. The molecule has 1 amide bonds. The highest BCUT2D eigenvalue weighted by molar-refractivity contribution is 5.79. The molecule has 0 unspecified atom stereocenters. The Bertz CT molecular complexity index is 948. The second-order valence-electron chi connectivity index (χ2n) is 9.47. The van der Waals surface area contributed by atoms with Crippen LogP contribution in [-0.4, -0.2) is 67.6 Å². The van der Waals surface area contributed by atoms with Gasteiger partial charge in [0.05, 0.1) is 12.2 Å². The van der Waals surface area contributed by atoms with E-state index in [2.05, 4.69) is 45.0 Å². The fourth-order valence-electron chi connectivity index (χ4n) is 5.32. The molecule has 0 radical (unpaired) electrons. The van der Waals surface area contributed by atoms with E-state index in [1.807, 2.05) is 19.0 Å². The fourth-order valence-corrected chi connectivity index (χ4v) is 5.32. The van der Waals surface area contributed by atoms with Gasteiger partial charge in [-0.1, -0.05) is 31.0 Å². The quantitative estimate of drug-likeness (QED) is 0.738. The Morgan fingerprint density at radius 1 is 0.938 bits per heavy atom. The molecule has 0 atom stereocenters. The average Bonchev–Trinajstić information content (AvgIpc) is 3.38. The molecule has 0 spiro atoms. The first-order valence-corrected chi connectivity index (χ1v) is 12.0. The van der Waals surface area contributed by atoms with Crippen LogP contribution in [0, 0.1) is 5.92 Å². The monoisotopic (exact) mass is 434 g/mol. The van der Waals surface area contributed by atoms with Crippen molar-refractivity contribution in [2.75, 3.05) is 61.5 Å². The van der Waals surface area contributed by atoms with Gasteiger partial charge in [0.1, 0.15) is 5.82 Å². The molecule has 3 heterocycles. The molecule has 7 nitrogen and oxygen atoms in total. The molecular formula is C25H34N6O. The summed E-state index contributed by atoms with van der Waals surface area (Å²) in [6, 6.07) is 10.6. The third kappa shape index (κ3) is 4.12. The Morgan fingerprint density at radius 2 is 1.62 bits per heavy atom. The lowest BCUT2D eigenvalue weighted by Crippen LogP contribution is -2.47. The van der Waals surface area contributed by atoms with Crippen molar-refractivity contribution >= 4 is 23.4 Å². The number of benzene rings is 1. The summed E-state index contributed by atoms with van der Waals surface area (Å²) in [5.41, 5.74) is 3.51. The second kappa shape index (κ2) is 8.96. The van der Waals surface area contributed by atoms with Crippen molar-refractivity contribution in [2.45, 2.75) is 38.6 Å². The highest BCUT2D eigenvalue weighted by atomic mass is 16.2. The maximum absolute atomic E-state index is 13.0. The number of fused-ring (bicyclic) bond motifs is 1. The molecular weight excluding hydrogens is 400 g/mol. The predicted molar refractivity (Wildman–Crippen MR) is 128 cm³/mol. The summed E-state index contributed by atoms with van der Waals surface area (Å²) in [4.78, 5) is 31.9. The van der Waals surface area contributed by atoms with Crippen LogP contribution in [-0.2, 0) is 17.8 Å². The maximum Gasteiger partial charge on any atom is 0.227 e. The Balaban J connectivity index is 1.33. The molecule has 1 aromatic carbocycles. The molecule has 0 bridgehead atoms. The summed E-state index contributed by atoms with van der Waals surface area (Å²) in [7, 11) is 4.08. The SMILES string of the molecule is CN(C)c1nc(N2CCN(c3ccccc3)CC2)nc2c1CN(C(=O)C1CCCC1)CC2. The normalized spacial score (nSPS) is 19.2. The number of rotatable bonds is 4. The number of hydrogen-bond acceptors (Lipinski definition) is 6. The summed E-state index contributed by atoms with van der Waals surface area (Å²) in [5, 5.41) is 0. The van der Waals surface area contributed by atoms with E-state index in [1.165, 1.54) is 18.5 Å². The number of nitrogens with zero attached hydrogens (tertiary/aromatic N) is 6. The summed E-state index contributed by atoms with van der Waals surface area (Å²) in [6.07, 6.45) is 5.29. The van der Waals surface area contributed by atoms with Crippen LogP contribution >= 0.6 is 0 Å². The molecule has 1 saturated carbocycles. The van der Waals surface area contributed by atoms with Crippen molar-refractivity contribution < 1.29 is 4.79 Å². The molecule has 170 valence electrons. The van der Waals surface area contributed by atoms with Crippen LogP contribution < -0.4 is 14.7 Å². The molecule has 2 aliphatic heterocycles. The van der Waals surface area contributed by atoms with E-state index in [-0.39, 0.29) is 5.92 Å². The molecule has 1 saturated heterocycles. The zero-order valence-electron chi connectivity index (χ0n) is 19.3. The lowest BCUT2D eigenvalue weighted by atomic mass is 10.0. The second-order valence-corrected chi connectivity index (χ2v) is 9.47. The van der Waals surface area contributed by atoms with E-state index in [1.54, 1.807) is 0 Å². The molecule has 2 fully saturated rings. The van der Waals surface area contributed by atoms with Gasteiger partial charge in [-0.3, -0.25) is 4.79 Å². The first-order chi connectivity index (χ1) is 15.6. The molecule has 5 rings (SSSR count). The highest BCUT2D eigenvalue weighted by Crippen LogP contribution is 2.32. The minimum Gasteiger partial charge on any atom is -0.368 e. The van der Waals surface area contributed by atoms with Gasteiger partial charge < -0.3 is 19.6 Å². The molecule has 1 aliphatic carbocycles.